The van der Waals surface area contributed by atoms with Gasteiger partial charge in [-0.25, -0.2) is 0 Å². The molecule has 3 N–H and O–H groups in total. The number of hydrogen-bond donors (Lipinski definition) is 2. The molecule has 130 valence electrons. The molecule has 0 heterocycles. The maximum atomic E-state index is 9.29. The molecule has 0 saturated carbocycles. The van der Waals surface area contributed by atoms with Gasteiger partial charge < -0.3 is 10.8 Å². The van der Waals surface area contributed by atoms with Crippen molar-refractivity contribution in [2.75, 3.05) is 6.61 Å². The zero-order valence-electron chi connectivity index (χ0n) is 14.9. The molecule has 1 unspecified atom stereocenters. The van der Waals surface area contributed by atoms with Gasteiger partial charge in [-0.1, -0.05) is 57.2 Å². The lowest BCUT2D eigenvalue weighted by Crippen LogP contribution is -2.33. The van der Waals surface area contributed by atoms with Gasteiger partial charge in [0.25, 0.3) is 0 Å². The molecule has 2 heteroatoms. The first kappa shape index (κ1) is 18.5. The van der Waals surface area contributed by atoms with Gasteiger partial charge in [0.05, 0.1) is 6.61 Å². The van der Waals surface area contributed by atoms with E-state index in [0.29, 0.717) is 5.92 Å². The fourth-order valence-electron chi connectivity index (χ4n) is 3.82. The number of aryl methyl sites for hydroxylation is 3. The van der Waals surface area contributed by atoms with E-state index in [0.717, 1.165) is 25.7 Å². The van der Waals surface area contributed by atoms with E-state index in [1.807, 2.05) is 0 Å². The largest absolute Gasteiger partial charge is 0.395 e. The van der Waals surface area contributed by atoms with Crippen LogP contribution in [0.5, 0.6) is 0 Å². The van der Waals surface area contributed by atoms with Crippen molar-refractivity contribution in [2.45, 2.75) is 83.6 Å². The van der Waals surface area contributed by atoms with Gasteiger partial charge in [-0.05, 0) is 61.1 Å². The number of unbranched alkanes of at least 4 members (excludes halogenated alkanes) is 5. The van der Waals surface area contributed by atoms with E-state index in [-0.39, 0.29) is 12.6 Å². The number of rotatable bonds is 9. The topological polar surface area (TPSA) is 46.2 Å². The highest BCUT2D eigenvalue weighted by molar-refractivity contribution is 5.33. The quantitative estimate of drug-likeness (QED) is 0.523. The highest BCUT2D eigenvalue weighted by Gasteiger charge is 2.21. The highest BCUT2D eigenvalue weighted by Crippen LogP contribution is 2.27. The average Bonchev–Trinajstić information content (AvgIpc) is 2.79. The molecule has 0 spiro atoms. The normalized spacial score (nSPS) is 19.2. The fourth-order valence-corrected chi connectivity index (χ4v) is 3.82. The molecule has 1 aliphatic carbocycles. The zero-order chi connectivity index (χ0) is 16.5. The second-order valence-electron chi connectivity index (χ2n) is 7.30. The first-order valence-corrected chi connectivity index (χ1v) is 9.71. The van der Waals surface area contributed by atoms with E-state index < -0.39 is 0 Å². The number of benzene rings is 1. The molecular formula is C21H35NO. The Labute approximate surface area is 142 Å². The Morgan fingerprint density at radius 2 is 1.74 bits per heavy atom. The van der Waals surface area contributed by atoms with Gasteiger partial charge in [-0.2, -0.15) is 0 Å². The first-order valence-electron chi connectivity index (χ1n) is 9.71. The minimum atomic E-state index is -0.0492. The van der Waals surface area contributed by atoms with Crippen LogP contribution in [-0.4, -0.2) is 17.8 Å². The molecule has 23 heavy (non-hydrogen) atoms. The minimum Gasteiger partial charge on any atom is -0.395 e. The molecule has 1 aromatic rings. The molecular weight excluding hydrogens is 282 g/mol. The molecule has 2 rings (SSSR count). The smallest absolute Gasteiger partial charge is 0.0585 e. The molecule has 2 nitrogen and oxygen atoms in total. The third-order valence-electron chi connectivity index (χ3n) is 5.47. The van der Waals surface area contributed by atoms with E-state index in [1.54, 1.807) is 0 Å². The molecule has 0 aromatic heterocycles. The number of aliphatic hydroxyl groups is 1. The maximum absolute atomic E-state index is 9.29. The molecule has 1 aliphatic rings. The van der Waals surface area contributed by atoms with Crippen molar-refractivity contribution in [2.24, 2.45) is 11.7 Å². The molecule has 0 radical (unpaired) electrons. The predicted molar refractivity (Wildman–Crippen MR) is 98.7 cm³/mol. The third kappa shape index (κ3) is 5.93. The van der Waals surface area contributed by atoms with Crippen LogP contribution in [0.3, 0.4) is 0 Å². The average molecular weight is 318 g/mol. The summed E-state index contributed by atoms with van der Waals surface area (Å²) in [6.45, 7) is 2.39. The summed E-state index contributed by atoms with van der Waals surface area (Å²) in [6.07, 6.45) is 13.9. The number of nitrogens with two attached hydrogens (primary N) is 1. The van der Waals surface area contributed by atoms with Crippen LogP contribution >= 0.6 is 0 Å². The number of hydrogen-bond acceptors (Lipinski definition) is 2. The van der Waals surface area contributed by atoms with E-state index in [2.05, 4.69) is 25.1 Å². The van der Waals surface area contributed by atoms with Crippen molar-refractivity contribution in [1.29, 1.82) is 0 Å². The van der Waals surface area contributed by atoms with Crippen molar-refractivity contribution < 1.29 is 5.11 Å². The van der Waals surface area contributed by atoms with Gasteiger partial charge in [-0.3, -0.25) is 0 Å². The van der Waals surface area contributed by atoms with Crippen molar-refractivity contribution in [3.05, 3.63) is 34.9 Å². The molecule has 0 bridgehead atoms. The first-order chi connectivity index (χ1) is 11.2. The van der Waals surface area contributed by atoms with Crippen LogP contribution in [0.15, 0.2) is 18.2 Å². The lowest BCUT2D eigenvalue weighted by molar-refractivity contribution is 0.216. The number of fused-ring (bicyclic) bond motifs is 1. The van der Waals surface area contributed by atoms with E-state index in [4.69, 9.17) is 5.73 Å². The second-order valence-corrected chi connectivity index (χ2v) is 7.30. The van der Waals surface area contributed by atoms with Gasteiger partial charge in [0.15, 0.2) is 0 Å². The summed E-state index contributed by atoms with van der Waals surface area (Å²) < 4.78 is 0. The van der Waals surface area contributed by atoms with Crippen LogP contribution in [0.2, 0.25) is 0 Å². The van der Waals surface area contributed by atoms with Crippen molar-refractivity contribution in [3.8, 4) is 0 Å². The Balaban J connectivity index is 1.82. The van der Waals surface area contributed by atoms with Crippen LogP contribution in [-0.2, 0) is 19.3 Å². The number of aliphatic hydroxyl groups excluding tert-OH is 1. The minimum absolute atomic E-state index is 0.0492. The van der Waals surface area contributed by atoms with Crippen LogP contribution in [0, 0.1) is 5.92 Å². The summed E-state index contributed by atoms with van der Waals surface area (Å²) in [5, 5.41) is 9.29. The zero-order valence-corrected chi connectivity index (χ0v) is 14.9. The van der Waals surface area contributed by atoms with Crippen LogP contribution in [0.1, 0.15) is 75.0 Å². The molecule has 0 amide bonds. The molecule has 1 aromatic carbocycles. The summed E-state index contributed by atoms with van der Waals surface area (Å²) in [5.41, 5.74) is 10.6. The van der Waals surface area contributed by atoms with Gasteiger partial charge in [0, 0.05) is 6.04 Å². The summed E-state index contributed by atoms with van der Waals surface area (Å²) >= 11 is 0. The predicted octanol–water partition coefficient (Wildman–Crippen LogP) is 4.40. The molecule has 0 fully saturated rings. The molecule has 0 aliphatic heterocycles. The van der Waals surface area contributed by atoms with Gasteiger partial charge in [-0.15, -0.1) is 0 Å². The van der Waals surface area contributed by atoms with Gasteiger partial charge in [0.1, 0.15) is 0 Å². The maximum Gasteiger partial charge on any atom is 0.0585 e. The molecule has 2 atom stereocenters. The monoisotopic (exact) mass is 317 g/mol. The Morgan fingerprint density at radius 1 is 1.04 bits per heavy atom. The van der Waals surface area contributed by atoms with E-state index in [9.17, 15) is 5.11 Å². The Bertz CT molecular complexity index is 457. The summed E-state index contributed by atoms with van der Waals surface area (Å²) in [7, 11) is 0. The highest BCUT2D eigenvalue weighted by atomic mass is 16.3. The Morgan fingerprint density at radius 3 is 2.48 bits per heavy atom. The van der Waals surface area contributed by atoms with E-state index in [1.165, 1.54) is 61.6 Å². The lowest BCUT2D eigenvalue weighted by Gasteiger charge is -2.19. The standard InChI is InChI=1S/C21H35NO/c1-2-3-4-5-6-7-8-17-9-10-18-11-12-19(21(22)16-23)13-14-20(18)15-17/h9-10,15,19,21,23H,2-8,11-14,16,22H2,1H3/t19?,21-/m0/s1. The van der Waals surface area contributed by atoms with Crippen molar-refractivity contribution in [1.82, 2.24) is 0 Å². The molecule has 0 saturated heterocycles. The van der Waals surface area contributed by atoms with Crippen LogP contribution in [0.4, 0.5) is 0 Å². The van der Waals surface area contributed by atoms with Gasteiger partial charge in [0.2, 0.25) is 0 Å². The Kier molecular flexibility index (Phi) is 8.11. The van der Waals surface area contributed by atoms with Crippen molar-refractivity contribution in [3.63, 3.8) is 0 Å². The lowest BCUT2D eigenvalue weighted by atomic mass is 9.92. The van der Waals surface area contributed by atoms with Gasteiger partial charge >= 0.3 is 0 Å². The van der Waals surface area contributed by atoms with Crippen LogP contribution < -0.4 is 5.73 Å². The second kappa shape index (κ2) is 10.1. The fraction of sp³-hybridized carbons (Fsp3) is 0.714. The van der Waals surface area contributed by atoms with Crippen LogP contribution in [0.25, 0.3) is 0 Å². The SMILES string of the molecule is CCCCCCCCc1ccc2c(c1)CCC([C@@H](N)CO)CC2. The summed E-state index contributed by atoms with van der Waals surface area (Å²) in [5.74, 6) is 0.467. The van der Waals surface area contributed by atoms with Crippen molar-refractivity contribution >= 4 is 0 Å². The Hall–Kier alpha value is -0.860. The summed E-state index contributed by atoms with van der Waals surface area (Å²) in [6, 6.07) is 7.06. The summed E-state index contributed by atoms with van der Waals surface area (Å²) in [4.78, 5) is 0. The third-order valence-corrected chi connectivity index (χ3v) is 5.47. The van der Waals surface area contributed by atoms with E-state index >= 15 is 0 Å².